The van der Waals surface area contributed by atoms with Crippen LogP contribution in [0.1, 0.15) is 11.1 Å². The molecule has 16 heavy (non-hydrogen) atoms. The van der Waals surface area contributed by atoms with E-state index in [2.05, 4.69) is 4.84 Å². The van der Waals surface area contributed by atoms with E-state index >= 15 is 0 Å². The van der Waals surface area contributed by atoms with Crippen LogP contribution < -0.4 is 5.90 Å². The highest BCUT2D eigenvalue weighted by Crippen LogP contribution is 2.43. The molecule has 0 aliphatic carbocycles. The van der Waals surface area contributed by atoms with Gasteiger partial charge in [-0.2, -0.15) is 22.0 Å². The number of alkyl halides is 5. The van der Waals surface area contributed by atoms with Crippen molar-refractivity contribution in [3.63, 3.8) is 0 Å². The fraction of sp³-hybridized carbons (Fsp3) is 0.333. The lowest BCUT2D eigenvalue weighted by Gasteiger charge is -2.20. The summed E-state index contributed by atoms with van der Waals surface area (Å²) in [6, 6.07) is 3.83. The largest absolute Gasteiger partial charge is 0.458 e. The van der Waals surface area contributed by atoms with Crippen LogP contribution in [0.5, 0.6) is 0 Å². The summed E-state index contributed by atoms with van der Waals surface area (Å²) in [5, 5.41) is 0. The molecule has 0 saturated heterocycles. The number of hydrogen-bond donors (Lipinski definition) is 1. The van der Waals surface area contributed by atoms with Crippen LogP contribution in [0.4, 0.5) is 22.0 Å². The second-order valence-corrected chi connectivity index (χ2v) is 3.08. The first kappa shape index (κ1) is 12.9. The van der Waals surface area contributed by atoms with Gasteiger partial charge >= 0.3 is 12.1 Å². The summed E-state index contributed by atoms with van der Waals surface area (Å²) in [7, 11) is 0. The van der Waals surface area contributed by atoms with Crippen LogP contribution in [0.25, 0.3) is 0 Å². The lowest BCUT2D eigenvalue weighted by molar-refractivity contribution is -0.289. The second-order valence-electron chi connectivity index (χ2n) is 3.08. The Labute approximate surface area is 87.8 Å². The molecule has 0 bridgehead atoms. The number of rotatable bonds is 3. The molecular weight excluding hydrogens is 233 g/mol. The summed E-state index contributed by atoms with van der Waals surface area (Å²) < 4.78 is 61.9. The van der Waals surface area contributed by atoms with Crippen molar-refractivity contribution >= 4 is 0 Å². The van der Waals surface area contributed by atoms with E-state index in [0.717, 1.165) is 6.07 Å². The molecule has 0 amide bonds. The van der Waals surface area contributed by atoms with Crippen molar-refractivity contribution in [1.82, 2.24) is 0 Å². The van der Waals surface area contributed by atoms with Crippen molar-refractivity contribution in [3.8, 4) is 0 Å². The van der Waals surface area contributed by atoms with E-state index in [1.54, 1.807) is 0 Å². The van der Waals surface area contributed by atoms with E-state index in [9.17, 15) is 22.0 Å². The molecule has 0 spiro atoms. The van der Waals surface area contributed by atoms with Gasteiger partial charge in [0.15, 0.2) is 0 Å². The smallest absolute Gasteiger partial charge is 0.300 e. The topological polar surface area (TPSA) is 35.2 Å². The summed E-state index contributed by atoms with van der Waals surface area (Å²) in [6.45, 7) is -0.234. The van der Waals surface area contributed by atoms with E-state index in [4.69, 9.17) is 5.90 Å². The van der Waals surface area contributed by atoms with E-state index < -0.39 is 17.7 Å². The highest BCUT2D eigenvalue weighted by atomic mass is 19.4. The second kappa shape index (κ2) is 4.34. The van der Waals surface area contributed by atoms with Crippen LogP contribution in [-0.4, -0.2) is 6.18 Å². The Morgan fingerprint density at radius 3 is 2.25 bits per heavy atom. The van der Waals surface area contributed by atoms with Gasteiger partial charge in [0.25, 0.3) is 0 Å². The first-order valence-corrected chi connectivity index (χ1v) is 4.14. The summed E-state index contributed by atoms with van der Waals surface area (Å²) in [6.07, 6.45) is -5.62. The van der Waals surface area contributed by atoms with Crippen LogP contribution in [0.2, 0.25) is 0 Å². The minimum absolute atomic E-state index is 0.143. The summed E-state index contributed by atoms with van der Waals surface area (Å²) in [4.78, 5) is 4.16. The molecule has 0 atom stereocenters. The van der Waals surface area contributed by atoms with Crippen molar-refractivity contribution in [1.29, 1.82) is 0 Å². The Morgan fingerprint density at radius 2 is 1.75 bits per heavy atom. The van der Waals surface area contributed by atoms with Gasteiger partial charge in [0, 0.05) is 5.56 Å². The average molecular weight is 241 g/mol. The molecule has 0 radical (unpaired) electrons. The molecule has 90 valence electrons. The number of halogens is 5. The predicted octanol–water partition coefficient (Wildman–Crippen LogP) is 2.73. The molecule has 0 aliphatic rings. The number of benzene rings is 1. The average Bonchev–Trinajstić information content (AvgIpc) is 2.17. The predicted molar refractivity (Wildman–Crippen MR) is 45.4 cm³/mol. The van der Waals surface area contributed by atoms with Gasteiger partial charge in [-0.3, -0.25) is 4.84 Å². The Bertz CT molecular complexity index is 363. The van der Waals surface area contributed by atoms with E-state index in [1.807, 2.05) is 0 Å². The molecule has 1 rings (SSSR count). The monoisotopic (exact) mass is 241 g/mol. The van der Waals surface area contributed by atoms with Gasteiger partial charge in [0.2, 0.25) is 0 Å². The van der Waals surface area contributed by atoms with Crippen LogP contribution in [0.15, 0.2) is 24.3 Å². The third kappa shape index (κ3) is 2.48. The molecule has 0 aromatic heterocycles. The lowest BCUT2D eigenvalue weighted by atomic mass is 10.1. The highest BCUT2D eigenvalue weighted by molar-refractivity contribution is 5.27. The van der Waals surface area contributed by atoms with Gasteiger partial charge in [-0.25, -0.2) is 5.90 Å². The van der Waals surface area contributed by atoms with Gasteiger partial charge in [0.1, 0.15) is 0 Å². The Hall–Kier alpha value is -1.21. The highest BCUT2D eigenvalue weighted by Gasteiger charge is 2.58. The first-order valence-electron chi connectivity index (χ1n) is 4.14. The minimum Gasteiger partial charge on any atom is -0.300 e. The molecule has 0 fully saturated rings. The lowest BCUT2D eigenvalue weighted by Crippen LogP contribution is -2.33. The zero-order valence-corrected chi connectivity index (χ0v) is 7.89. The SMILES string of the molecule is NOCc1cccc(C(F)(F)C(F)(F)F)c1. The molecule has 2 N–H and O–H groups in total. The zero-order valence-electron chi connectivity index (χ0n) is 7.89. The molecule has 0 aliphatic heterocycles. The normalized spacial score (nSPS) is 12.9. The third-order valence-corrected chi connectivity index (χ3v) is 1.90. The van der Waals surface area contributed by atoms with Crippen molar-refractivity contribution in [2.24, 2.45) is 5.90 Å². The van der Waals surface area contributed by atoms with Crippen LogP contribution in [0, 0.1) is 0 Å². The van der Waals surface area contributed by atoms with E-state index in [-0.39, 0.29) is 12.2 Å². The van der Waals surface area contributed by atoms with Gasteiger partial charge in [0.05, 0.1) is 6.61 Å². The molecule has 0 unspecified atom stereocenters. The van der Waals surface area contributed by atoms with Crippen molar-refractivity contribution < 1.29 is 26.8 Å². The minimum atomic E-state index is -5.62. The molecule has 1 aromatic carbocycles. The molecule has 7 heteroatoms. The van der Waals surface area contributed by atoms with Crippen LogP contribution in [-0.2, 0) is 17.4 Å². The fourth-order valence-electron chi connectivity index (χ4n) is 1.12. The Kier molecular flexibility index (Phi) is 3.49. The van der Waals surface area contributed by atoms with Gasteiger partial charge in [-0.15, -0.1) is 0 Å². The maximum Gasteiger partial charge on any atom is 0.458 e. The number of hydrogen-bond acceptors (Lipinski definition) is 2. The van der Waals surface area contributed by atoms with Crippen molar-refractivity contribution in [2.45, 2.75) is 18.7 Å². The summed E-state index contributed by atoms with van der Waals surface area (Å²) in [5.74, 6) is -0.182. The third-order valence-electron chi connectivity index (χ3n) is 1.90. The standard InChI is InChI=1S/C9H8F5NO/c10-8(11,9(12,13)14)7-3-1-2-6(4-7)5-16-15/h1-4H,5,15H2. The maximum absolute atomic E-state index is 12.9. The van der Waals surface area contributed by atoms with Gasteiger partial charge in [-0.05, 0) is 11.6 Å². The fourth-order valence-corrected chi connectivity index (χ4v) is 1.12. The first-order chi connectivity index (χ1) is 7.29. The molecule has 2 nitrogen and oxygen atoms in total. The molecule has 0 saturated carbocycles. The molecule has 1 aromatic rings. The summed E-state index contributed by atoms with van der Waals surface area (Å²) in [5.41, 5.74) is -0.988. The Balaban J connectivity index is 3.08. The zero-order chi connectivity index (χ0) is 12.4. The summed E-state index contributed by atoms with van der Waals surface area (Å²) >= 11 is 0. The molecule has 0 heterocycles. The van der Waals surface area contributed by atoms with Gasteiger partial charge in [-0.1, -0.05) is 18.2 Å². The molecular formula is C9H8F5NO. The van der Waals surface area contributed by atoms with Gasteiger partial charge < -0.3 is 0 Å². The number of nitrogens with two attached hydrogens (primary N) is 1. The quantitative estimate of drug-likeness (QED) is 0.652. The van der Waals surface area contributed by atoms with E-state index in [0.29, 0.717) is 12.1 Å². The maximum atomic E-state index is 12.9. The Morgan fingerprint density at radius 1 is 1.12 bits per heavy atom. The van der Waals surface area contributed by atoms with Crippen molar-refractivity contribution in [3.05, 3.63) is 35.4 Å². The van der Waals surface area contributed by atoms with E-state index in [1.165, 1.54) is 6.07 Å². The van der Waals surface area contributed by atoms with Crippen LogP contribution in [0.3, 0.4) is 0 Å². The van der Waals surface area contributed by atoms with Crippen molar-refractivity contribution in [2.75, 3.05) is 0 Å². The van der Waals surface area contributed by atoms with Crippen LogP contribution >= 0.6 is 0 Å².